The highest BCUT2D eigenvalue weighted by atomic mass is 16.6. The van der Waals surface area contributed by atoms with Gasteiger partial charge in [0, 0.05) is 23.7 Å². The number of carbonyl (C=O) groups excluding carboxylic acids is 1. The maximum Gasteiger partial charge on any atom is 0.311 e. The highest BCUT2D eigenvalue weighted by Crippen LogP contribution is 2.31. The summed E-state index contributed by atoms with van der Waals surface area (Å²) in [5, 5.41) is 13.9. The van der Waals surface area contributed by atoms with Crippen molar-refractivity contribution in [2.45, 2.75) is 13.5 Å². The molecule has 1 N–H and O–H groups in total. The molecule has 2 aromatic carbocycles. The van der Waals surface area contributed by atoms with Gasteiger partial charge >= 0.3 is 5.69 Å². The number of methoxy groups -OCH3 is 2. The lowest BCUT2D eigenvalue weighted by Crippen LogP contribution is -2.23. The second-order valence-corrected chi connectivity index (χ2v) is 5.21. The molecule has 0 heterocycles. The minimum Gasteiger partial charge on any atom is -0.493 e. The lowest BCUT2D eigenvalue weighted by molar-refractivity contribution is -0.385. The molecule has 0 saturated heterocycles. The number of nitro benzene ring substituents is 1. The summed E-state index contributed by atoms with van der Waals surface area (Å²) >= 11 is 0. The van der Waals surface area contributed by atoms with Crippen LogP contribution in [0.4, 0.5) is 5.69 Å². The van der Waals surface area contributed by atoms with Gasteiger partial charge in [0.25, 0.3) is 5.91 Å². The van der Waals surface area contributed by atoms with Crippen molar-refractivity contribution in [2.24, 2.45) is 0 Å². The van der Waals surface area contributed by atoms with Gasteiger partial charge in [0.05, 0.1) is 25.7 Å². The number of amides is 1. The fourth-order valence-electron chi connectivity index (χ4n) is 2.45. The van der Waals surface area contributed by atoms with Crippen molar-refractivity contribution in [3.63, 3.8) is 0 Å². The van der Waals surface area contributed by atoms with Crippen LogP contribution in [0.1, 0.15) is 22.8 Å². The summed E-state index contributed by atoms with van der Waals surface area (Å²) < 4.78 is 15.8. The van der Waals surface area contributed by atoms with E-state index in [9.17, 15) is 14.9 Å². The molecular formula is C18H20N2O6. The van der Waals surface area contributed by atoms with Crippen LogP contribution in [0.15, 0.2) is 36.4 Å². The molecule has 0 saturated carbocycles. The van der Waals surface area contributed by atoms with Crippen molar-refractivity contribution in [2.75, 3.05) is 20.8 Å². The van der Waals surface area contributed by atoms with Crippen molar-refractivity contribution in [1.29, 1.82) is 0 Å². The monoisotopic (exact) mass is 360 g/mol. The number of rotatable bonds is 8. The Morgan fingerprint density at radius 3 is 2.54 bits per heavy atom. The average Bonchev–Trinajstić information content (AvgIpc) is 2.65. The van der Waals surface area contributed by atoms with E-state index in [1.165, 1.54) is 32.4 Å². The van der Waals surface area contributed by atoms with E-state index in [1.807, 2.05) is 0 Å². The van der Waals surface area contributed by atoms with Crippen molar-refractivity contribution in [3.05, 3.63) is 57.6 Å². The SMILES string of the molecule is CCOc1ccc(C(=O)NCc2cccc(OC)c2OC)cc1[N+](=O)[O-]. The van der Waals surface area contributed by atoms with E-state index >= 15 is 0 Å². The van der Waals surface area contributed by atoms with Gasteiger partial charge < -0.3 is 19.5 Å². The molecule has 2 aromatic rings. The van der Waals surface area contributed by atoms with Crippen LogP contribution in [-0.2, 0) is 6.54 Å². The van der Waals surface area contributed by atoms with Crippen molar-refractivity contribution in [3.8, 4) is 17.2 Å². The number of hydrogen-bond donors (Lipinski definition) is 1. The number of carbonyl (C=O) groups is 1. The molecule has 0 unspecified atom stereocenters. The highest BCUT2D eigenvalue weighted by Gasteiger charge is 2.19. The van der Waals surface area contributed by atoms with E-state index in [-0.39, 0.29) is 23.5 Å². The van der Waals surface area contributed by atoms with Crippen LogP contribution in [0.3, 0.4) is 0 Å². The van der Waals surface area contributed by atoms with Gasteiger partial charge in [0.2, 0.25) is 0 Å². The normalized spacial score (nSPS) is 10.1. The fraction of sp³-hybridized carbons (Fsp3) is 0.278. The molecule has 0 aliphatic rings. The lowest BCUT2D eigenvalue weighted by Gasteiger charge is -2.13. The first-order chi connectivity index (χ1) is 12.5. The first-order valence-electron chi connectivity index (χ1n) is 7.91. The van der Waals surface area contributed by atoms with Gasteiger partial charge in [-0.25, -0.2) is 0 Å². The summed E-state index contributed by atoms with van der Waals surface area (Å²) in [6.45, 7) is 2.20. The Kier molecular flexibility index (Phi) is 6.37. The number of benzene rings is 2. The Morgan fingerprint density at radius 2 is 1.92 bits per heavy atom. The average molecular weight is 360 g/mol. The Hall–Kier alpha value is -3.29. The van der Waals surface area contributed by atoms with Crippen LogP contribution in [-0.4, -0.2) is 31.7 Å². The van der Waals surface area contributed by atoms with Crippen LogP contribution in [0.25, 0.3) is 0 Å². The topological polar surface area (TPSA) is 99.9 Å². The van der Waals surface area contributed by atoms with Crippen LogP contribution in [0.5, 0.6) is 17.2 Å². The Labute approximate surface area is 150 Å². The van der Waals surface area contributed by atoms with E-state index in [2.05, 4.69) is 5.32 Å². The number of nitrogens with zero attached hydrogens (tertiary/aromatic N) is 1. The summed E-state index contributed by atoms with van der Waals surface area (Å²) in [6, 6.07) is 9.43. The van der Waals surface area contributed by atoms with Crippen LogP contribution in [0.2, 0.25) is 0 Å². The molecule has 0 aromatic heterocycles. The van der Waals surface area contributed by atoms with Gasteiger partial charge in [-0.05, 0) is 25.1 Å². The van der Waals surface area contributed by atoms with E-state index in [1.54, 1.807) is 25.1 Å². The van der Waals surface area contributed by atoms with Gasteiger partial charge in [-0.3, -0.25) is 14.9 Å². The number of ether oxygens (including phenoxy) is 3. The number of hydrogen-bond acceptors (Lipinski definition) is 6. The molecule has 0 fully saturated rings. The van der Waals surface area contributed by atoms with Gasteiger partial charge in [0.1, 0.15) is 0 Å². The maximum atomic E-state index is 12.4. The van der Waals surface area contributed by atoms with Crippen molar-refractivity contribution in [1.82, 2.24) is 5.32 Å². The third-order valence-corrected chi connectivity index (χ3v) is 3.64. The zero-order valence-electron chi connectivity index (χ0n) is 14.8. The summed E-state index contributed by atoms with van der Waals surface area (Å²) in [6.07, 6.45) is 0. The van der Waals surface area contributed by atoms with Crippen molar-refractivity contribution < 1.29 is 23.9 Å². The van der Waals surface area contributed by atoms with Gasteiger partial charge in [-0.15, -0.1) is 0 Å². The molecule has 0 atom stereocenters. The molecule has 0 bridgehead atoms. The first-order valence-corrected chi connectivity index (χ1v) is 7.91. The Balaban J connectivity index is 2.18. The molecule has 138 valence electrons. The second kappa shape index (κ2) is 8.70. The number of nitrogens with one attached hydrogen (secondary N) is 1. The highest BCUT2D eigenvalue weighted by molar-refractivity contribution is 5.95. The second-order valence-electron chi connectivity index (χ2n) is 5.21. The molecule has 0 aliphatic carbocycles. The number of para-hydroxylation sites is 1. The Morgan fingerprint density at radius 1 is 1.15 bits per heavy atom. The molecule has 2 rings (SSSR count). The number of nitro groups is 1. The summed E-state index contributed by atoms with van der Waals surface area (Å²) in [5.41, 5.74) is 0.640. The van der Waals surface area contributed by atoms with Gasteiger partial charge in [-0.1, -0.05) is 12.1 Å². The molecule has 0 radical (unpaired) electrons. The zero-order valence-corrected chi connectivity index (χ0v) is 14.8. The molecule has 0 aliphatic heterocycles. The summed E-state index contributed by atoms with van der Waals surface area (Å²) in [7, 11) is 3.04. The van der Waals surface area contributed by atoms with Crippen LogP contribution < -0.4 is 19.5 Å². The smallest absolute Gasteiger partial charge is 0.311 e. The molecular weight excluding hydrogens is 340 g/mol. The van der Waals surface area contributed by atoms with E-state index in [0.29, 0.717) is 18.1 Å². The first kappa shape index (κ1) is 19.0. The molecule has 26 heavy (non-hydrogen) atoms. The predicted molar refractivity (Wildman–Crippen MR) is 95.0 cm³/mol. The maximum absolute atomic E-state index is 12.4. The third kappa shape index (κ3) is 4.21. The molecule has 0 spiro atoms. The standard InChI is InChI=1S/C18H20N2O6/c1-4-26-15-9-8-12(10-14(15)20(22)23)18(21)19-11-13-6-5-7-16(24-2)17(13)25-3/h5-10H,4,11H2,1-3H3,(H,19,21). The molecule has 8 nitrogen and oxygen atoms in total. The van der Waals surface area contributed by atoms with Gasteiger partial charge in [-0.2, -0.15) is 0 Å². The van der Waals surface area contributed by atoms with Crippen LogP contribution >= 0.6 is 0 Å². The van der Waals surface area contributed by atoms with E-state index in [0.717, 1.165) is 5.56 Å². The summed E-state index contributed by atoms with van der Waals surface area (Å²) in [5.74, 6) is 0.758. The predicted octanol–water partition coefficient (Wildman–Crippen LogP) is 2.94. The minimum atomic E-state index is -0.577. The minimum absolute atomic E-state index is 0.128. The van der Waals surface area contributed by atoms with Crippen molar-refractivity contribution >= 4 is 11.6 Å². The fourth-order valence-corrected chi connectivity index (χ4v) is 2.45. The summed E-state index contributed by atoms with van der Waals surface area (Å²) in [4.78, 5) is 23.0. The third-order valence-electron chi connectivity index (χ3n) is 3.64. The molecule has 8 heteroatoms. The Bertz CT molecular complexity index is 806. The van der Waals surface area contributed by atoms with Crippen LogP contribution in [0, 0.1) is 10.1 Å². The zero-order chi connectivity index (χ0) is 19.1. The lowest BCUT2D eigenvalue weighted by atomic mass is 10.1. The largest absolute Gasteiger partial charge is 0.493 e. The van der Waals surface area contributed by atoms with Gasteiger partial charge in [0.15, 0.2) is 17.2 Å². The quantitative estimate of drug-likeness (QED) is 0.574. The van der Waals surface area contributed by atoms with E-state index in [4.69, 9.17) is 14.2 Å². The van der Waals surface area contributed by atoms with E-state index < -0.39 is 10.8 Å². The molecule has 1 amide bonds.